The van der Waals surface area contributed by atoms with Crippen LogP contribution in [0.3, 0.4) is 0 Å². The van der Waals surface area contributed by atoms with E-state index in [1.165, 1.54) is 43.4 Å². The Kier molecular flexibility index (Phi) is 7.78. The molecule has 0 fully saturated rings. The van der Waals surface area contributed by atoms with Crippen molar-refractivity contribution in [1.82, 2.24) is 19.5 Å². The standard InChI is InChI=1S/C53H34N4/c1-3-13-35(14-4-1)36-23-25-37(26-24-36)38-27-29-40(30-28-38)52-54-51(39-15-5-2-6-16-39)55-53(56-52)42-31-32-47-46-21-11-12-22-48(46)57(50(47)34-42)49-33-41-17-7-8-18-43(41)44-19-9-10-20-45(44)49/h1-34H. The number of nitrogens with zero attached hydrogens (tertiary/aromatic N) is 4. The van der Waals surface area contributed by atoms with Gasteiger partial charge >= 0.3 is 0 Å². The third-order valence-electron chi connectivity index (χ3n) is 11.1. The van der Waals surface area contributed by atoms with Crippen LogP contribution in [0.4, 0.5) is 0 Å². The highest BCUT2D eigenvalue weighted by Crippen LogP contribution is 2.39. The molecular formula is C53H34N4. The minimum absolute atomic E-state index is 0.626. The summed E-state index contributed by atoms with van der Waals surface area (Å²) >= 11 is 0. The summed E-state index contributed by atoms with van der Waals surface area (Å²) in [6.07, 6.45) is 0. The van der Waals surface area contributed by atoms with Crippen LogP contribution in [0.2, 0.25) is 0 Å². The first-order chi connectivity index (χ1) is 28.2. The van der Waals surface area contributed by atoms with Crippen LogP contribution in [0.25, 0.3) is 105 Å². The van der Waals surface area contributed by atoms with Gasteiger partial charge in [-0.2, -0.15) is 0 Å². The van der Waals surface area contributed by atoms with E-state index in [-0.39, 0.29) is 0 Å². The lowest BCUT2D eigenvalue weighted by atomic mass is 9.99. The van der Waals surface area contributed by atoms with Gasteiger partial charge in [-0.3, -0.25) is 0 Å². The van der Waals surface area contributed by atoms with E-state index in [2.05, 4.69) is 187 Å². The van der Waals surface area contributed by atoms with Gasteiger partial charge in [0.25, 0.3) is 0 Å². The summed E-state index contributed by atoms with van der Waals surface area (Å²) in [5.41, 5.74) is 10.9. The van der Waals surface area contributed by atoms with Crippen molar-refractivity contribution in [2.75, 3.05) is 0 Å². The van der Waals surface area contributed by atoms with Crippen molar-refractivity contribution in [3.63, 3.8) is 0 Å². The van der Waals surface area contributed by atoms with E-state index in [1.807, 2.05) is 24.3 Å². The second kappa shape index (κ2) is 13.6. The molecule has 266 valence electrons. The summed E-state index contributed by atoms with van der Waals surface area (Å²) in [5, 5.41) is 7.27. The lowest BCUT2D eigenvalue weighted by Crippen LogP contribution is -2.00. The van der Waals surface area contributed by atoms with Crippen molar-refractivity contribution >= 4 is 43.4 Å². The fourth-order valence-electron chi connectivity index (χ4n) is 8.24. The molecule has 0 aliphatic carbocycles. The topological polar surface area (TPSA) is 43.6 Å². The molecule has 0 bridgehead atoms. The Morgan fingerprint density at radius 2 is 0.684 bits per heavy atom. The van der Waals surface area contributed by atoms with Crippen LogP contribution in [0, 0.1) is 0 Å². The molecule has 2 heterocycles. The zero-order valence-corrected chi connectivity index (χ0v) is 30.9. The average molecular weight is 727 g/mol. The molecule has 0 N–H and O–H groups in total. The highest BCUT2D eigenvalue weighted by Gasteiger charge is 2.18. The fraction of sp³-hybridized carbons (Fsp3) is 0. The van der Waals surface area contributed by atoms with Crippen molar-refractivity contribution in [3.05, 3.63) is 206 Å². The Bertz CT molecular complexity index is 3260. The van der Waals surface area contributed by atoms with E-state index in [0.717, 1.165) is 44.5 Å². The van der Waals surface area contributed by atoms with Crippen molar-refractivity contribution in [3.8, 4) is 62.1 Å². The minimum Gasteiger partial charge on any atom is -0.309 e. The van der Waals surface area contributed by atoms with E-state index in [0.29, 0.717) is 17.5 Å². The number of aromatic nitrogens is 4. The van der Waals surface area contributed by atoms with Crippen LogP contribution < -0.4 is 0 Å². The van der Waals surface area contributed by atoms with Gasteiger partial charge in [0, 0.05) is 32.8 Å². The Labute approximate surface area is 330 Å². The first kappa shape index (κ1) is 32.7. The molecule has 0 radical (unpaired) electrons. The van der Waals surface area contributed by atoms with Crippen molar-refractivity contribution < 1.29 is 0 Å². The van der Waals surface area contributed by atoms with Crippen LogP contribution >= 0.6 is 0 Å². The molecule has 4 nitrogen and oxygen atoms in total. The molecule has 2 aromatic heterocycles. The molecule has 11 rings (SSSR count). The summed E-state index contributed by atoms with van der Waals surface area (Å²) in [5.74, 6) is 1.89. The molecule has 0 aliphatic rings. The van der Waals surface area contributed by atoms with Crippen molar-refractivity contribution in [2.45, 2.75) is 0 Å². The average Bonchev–Trinajstić information content (AvgIpc) is 3.63. The zero-order chi connectivity index (χ0) is 37.7. The predicted octanol–water partition coefficient (Wildman–Crippen LogP) is 13.6. The number of hydrogen-bond acceptors (Lipinski definition) is 3. The molecule has 0 unspecified atom stereocenters. The molecular weight excluding hydrogens is 693 g/mol. The maximum atomic E-state index is 5.17. The van der Waals surface area contributed by atoms with Gasteiger partial charge in [0.15, 0.2) is 17.5 Å². The molecule has 4 heteroatoms. The Morgan fingerprint density at radius 1 is 0.263 bits per heavy atom. The Balaban J connectivity index is 1.06. The van der Waals surface area contributed by atoms with Gasteiger partial charge in [-0.05, 0) is 56.6 Å². The van der Waals surface area contributed by atoms with Gasteiger partial charge in [-0.25, -0.2) is 15.0 Å². The lowest BCUT2D eigenvalue weighted by Gasteiger charge is -2.15. The SMILES string of the molecule is c1ccc(-c2ccc(-c3ccc(-c4nc(-c5ccccc5)nc(-c5ccc6c7ccccc7n(-c7cc8ccccc8c8ccccc78)c6c5)n4)cc3)cc2)cc1. The highest BCUT2D eigenvalue weighted by molar-refractivity contribution is 6.15. The number of hydrogen-bond donors (Lipinski definition) is 0. The predicted molar refractivity (Wildman–Crippen MR) is 236 cm³/mol. The molecule has 11 aromatic rings. The normalized spacial score (nSPS) is 11.5. The lowest BCUT2D eigenvalue weighted by molar-refractivity contribution is 1.07. The quantitative estimate of drug-likeness (QED) is 0.160. The first-order valence-electron chi connectivity index (χ1n) is 19.3. The summed E-state index contributed by atoms with van der Waals surface area (Å²) < 4.78 is 2.41. The van der Waals surface area contributed by atoms with Crippen LogP contribution in [0.15, 0.2) is 206 Å². The van der Waals surface area contributed by atoms with Crippen LogP contribution in [0.5, 0.6) is 0 Å². The minimum atomic E-state index is 0.626. The third kappa shape index (κ3) is 5.74. The van der Waals surface area contributed by atoms with E-state index in [9.17, 15) is 0 Å². The monoisotopic (exact) mass is 726 g/mol. The van der Waals surface area contributed by atoms with Crippen LogP contribution in [0.1, 0.15) is 0 Å². The molecule has 0 spiro atoms. The number of fused-ring (bicyclic) bond motifs is 6. The van der Waals surface area contributed by atoms with Crippen LogP contribution in [-0.2, 0) is 0 Å². The third-order valence-corrected chi connectivity index (χ3v) is 11.1. The molecule has 0 aliphatic heterocycles. The Hall–Kier alpha value is -7.69. The molecule has 9 aromatic carbocycles. The van der Waals surface area contributed by atoms with E-state index >= 15 is 0 Å². The van der Waals surface area contributed by atoms with Gasteiger partial charge < -0.3 is 4.57 Å². The summed E-state index contributed by atoms with van der Waals surface area (Å²) in [7, 11) is 0. The van der Waals surface area contributed by atoms with Gasteiger partial charge in [0.1, 0.15) is 0 Å². The summed E-state index contributed by atoms with van der Waals surface area (Å²) in [6.45, 7) is 0. The number of para-hydroxylation sites is 1. The van der Waals surface area contributed by atoms with Gasteiger partial charge in [-0.1, -0.05) is 188 Å². The highest BCUT2D eigenvalue weighted by atomic mass is 15.0. The largest absolute Gasteiger partial charge is 0.309 e. The zero-order valence-electron chi connectivity index (χ0n) is 30.9. The van der Waals surface area contributed by atoms with Gasteiger partial charge in [-0.15, -0.1) is 0 Å². The van der Waals surface area contributed by atoms with E-state index in [4.69, 9.17) is 15.0 Å². The molecule has 0 saturated carbocycles. The van der Waals surface area contributed by atoms with Crippen molar-refractivity contribution in [1.29, 1.82) is 0 Å². The summed E-state index contributed by atoms with van der Waals surface area (Å²) in [6, 6.07) is 72.9. The second-order valence-corrected chi connectivity index (χ2v) is 14.4. The Morgan fingerprint density at radius 3 is 1.33 bits per heavy atom. The number of rotatable bonds is 6. The maximum Gasteiger partial charge on any atom is 0.164 e. The molecule has 0 atom stereocenters. The van der Waals surface area contributed by atoms with Gasteiger partial charge in [0.2, 0.25) is 0 Å². The van der Waals surface area contributed by atoms with Crippen molar-refractivity contribution in [2.24, 2.45) is 0 Å². The van der Waals surface area contributed by atoms with E-state index < -0.39 is 0 Å². The van der Waals surface area contributed by atoms with Gasteiger partial charge in [0.05, 0.1) is 16.7 Å². The number of benzene rings is 9. The molecule has 0 saturated heterocycles. The molecule has 57 heavy (non-hydrogen) atoms. The second-order valence-electron chi connectivity index (χ2n) is 14.4. The smallest absolute Gasteiger partial charge is 0.164 e. The van der Waals surface area contributed by atoms with Crippen LogP contribution in [-0.4, -0.2) is 19.5 Å². The van der Waals surface area contributed by atoms with E-state index in [1.54, 1.807) is 0 Å². The molecule has 0 amide bonds. The first-order valence-corrected chi connectivity index (χ1v) is 19.3. The maximum absolute atomic E-state index is 5.17. The fourth-order valence-corrected chi connectivity index (χ4v) is 8.24. The summed E-state index contributed by atoms with van der Waals surface area (Å²) in [4.78, 5) is 15.3.